The van der Waals surface area contributed by atoms with Crippen LogP contribution >= 0.6 is 0 Å². The van der Waals surface area contributed by atoms with Gasteiger partial charge in [0.25, 0.3) is 0 Å². The molecule has 0 aromatic heterocycles. The summed E-state index contributed by atoms with van der Waals surface area (Å²) >= 11 is 0. The molecule has 1 heterocycles. The molecule has 0 aliphatic carbocycles. The Morgan fingerprint density at radius 1 is 1.39 bits per heavy atom. The van der Waals surface area contributed by atoms with Gasteiger partial charge in [-0.2, -0.15) is 4.31 Å². The Labute approximate surface area is 109 Å². The lowest BCUT2D eigenvalue weighted by Crippen LogP contribution is -2.39. The highest BCUT2D eigenvalue weighted by Crippen LogP contribution is 2.18. The molecule has 5 heteroatoms. The van der Waals surface area contributed by atoms with E-state index < -0.39 is 10.0 Å². The fourth-order valence-corrected chi connectivity index (χ4v) is 3.61. The predicted molar refractivity (Wildman–Crippen MR) is 70.8 cm³/mol. The summed E-state index contributed by atoms with van der Waals surface area (Å²) in [5, 5.41) is 0. The van der Waals surface area contributed by atoms with E-state index in [0.717, 1.165) is 11.1 Å². The van der Waals surface area contributed by atoms with Gasteiger partial charge in [0, 0.05) is 12.6 Å². The first-order valence-corrected chi connectivity index (χ1v) is 7.73. The van der Waals surface area contributed by atoms with Crippen LogP contribution in [0.5, 0.6) is 0 Å². The van der Waals surface area contributed by atoms with Crippen molar-refractivity contribution in [1.29, 1.82) is 0 Å². The maximum absolute atomic E-state index is 12.2. The van der Waals surface area contributed by atoms with Crippen molar-refractivity contribution in [3.8, 4) is 0 Å². The van der Waals surface area contributed by atoms with E-state index in [1.54, 1.807) is 4.31 Å². The standard InChI is InChI=1S/C13H19NO3S/c1-11-5-3-4-6-13(11)9-14-12(2)10-17-7-8-18(14,15)16/h3-6,12H,7-10H2,1-2H3/t12-/m0/s1. The molecule has 0 amide bonds. The van der Waals surface area contributed by atoms with Crippen molar-refractivity contribution in [3.05, 3.63) is 35.4 Å². The minimum Gasteiger partial charge on any atom is -0.379 e. The van der Waals surface area contributed by atoms with Crippen molar-refractivity contribution in [2.24, 2.45) is 0 Å². The number of benzene rings is 1. The Kier molecular flexibility index (Phi) is 4.04. The number of aryl methyl sites for hydroxylation is 1. The quantitative estimate of drug-likeness (QED) is 0.818. The molecular weight excluding hydrogens is 250 g/mol. The Hall–Kier alpha value is -0.910. The molecule has 1 aromatic rings. The molecule has 1 aliphatic heterocycles. The first-order valence-electron chi connectivity index (χ1n) is 6.12. The van der Waals surface area contributed by atoms with Crippen LogP contribution in [0.3, 0.4) is 0 Å². The maximum atomic E-state index is 12.2. The highest BCUT2D eigenvalue weighted by Gasteiger charge is 2.30. The van der Waals surface area contributed by atoms with Gasteiger partial charge < -0.3 is 4.74 Å². The van der Waals surface area contributed by atoms with Gasteiger partial charge in [-0.25, -0.2) is 8.42 Å². The highest BCUT2D eigenvalue weighted by atomic mass is 32.2. The predicted octanol–water partition coefficient (Wildman–Crippen LogP) is 1.55. The van der Waals surface area contributed by atoms with Crippen LogP contribution in [0.25, 0.3) is 0 Å². The van der Waals surface area contributed by atoms with Crippen LogP contribution in [0.15, 0.2) is 24.3 Å². The average Bonchev–Trinajstić information content (AvgIpc) is 2.44. The zero-order valence-electron chi connectivity index (χ0n) is 10.8. The minimum absolute atomic E-state index is 0.0726. The highest BCUT2D eigenvalue weighted by molar-refractivity contribution is 7.89. The largest absolute Gasteiger partial charge is 0.379 e. The summed E-state index contributed by atoms with van der Waals surface area (Å²) < 4.78 is 31.2. The van der Waals surface area contributed by atoms with Crippen molar-refractivity contribution in [2.75, 3.05) is 19.0 Å². The molecule has 4 nitrogen and oxygen atoms in total. The summed E-state index contributed by atoms with van der Waals surface area (Å²) in [4.78, 5) is 0. The summed E-state index contributed by atoms with van der Waals surface area (Å²) in [6.45, 7) is 5.07. The van der Waals surface area contributed by atoms with Gasteiger partial charge in [-0.1, -0.05) is 24.3 Å². The molecule has 1 saturated heterocycles. The van der Waals surface area contributed by atoms with Crippen molar-refractivity contribution < 1.29 is 13.2 Å². The molecule has 2 rings (SSSR count). The zero-order valence-corrected chi connectivity index (χ0v) is 11.6. The van der Waals surface area contributed by atoms with Gasteiger partial charge in [0.05, 0.1) is 19.0 Å². The molecule has 0 radical (unpaired) electrons. The number of hydrogen-bond donors (Lipinski definition) is 0. The maximum Gasteiger partial charge on any atom is 0.217 e. The number of hydrogen-bond acceptors (Lipinski definition) is 3. The van der Waals surface area contributed by atoms with Crippen molar-refractivity contribution >= 4 is 10.0 Å². The van der Waals surface area contributed by atoms with E-state index in [2.05, 4.69) is 0 Å². The number of nitrogens with zero attached hydrogens (tertiary/aromatic N) is 1. The van der Waals surface area contributed by atoms with Crippen LogP contribution in [0.2, 0.25) is 0 Å². The van der Waals surface area contributed by atoms with Crippen molar-refractivity contribution in [2.45, 2.75) is 26.4 Å². The Morgan fingerprint density at radius 2 is 2.11 bits per heavy atom. The van der Waals surface area contributed by atoms with E-state index in [1.807, 2.05) is 38.1 Å². The molecule has 1 aromatic carbocycles. The smallest absolute Gasteiger partial charge is 0.217 e. The lowest BCUT2D eigenvalue weighted by Gasteiger charge is -2.25. The van der Waals surface area contributed by atoms with Gasteiger partial charge in [-0.3, -0.25) is 0 Å². The van der Waals surface area contributed by atoms with Crippen LogP contribution in [0, 0.1) is 6.92 Å². The van der Waals surface area contributed by atoms with E-state index >= 15 is 0 Å². The van der Waals surface area contributed by atoms with E-state index in [0.29, 0.717) is 13.2 Å². The lowest BCUT2D eigenvalue weighted by atomic mass is 10.1. The van der Waals surface area contributed by atoms with E-state index in [1.165, 1.54) is 0 Å². The number of rotatable bonds is 2. The van der Waals surface area contributed by atoms with E-state index in [-0.39, 0.29) is 18.4 Å². The van der Waals surface area contributed by atoms with Crippen LogP contribution in [-0.4, -0.2) is 37.7 Å². The third-order valence-electron chi connectivity index (χ3n) is 3.28. The van der Waals surface area contributed by atoms with Crippen LogP contribution in [0.4, 0.5) is 0 Å². The molecule has 1 atom stereocenters. The Balaban J connectivity index is 2.27. The SMILES string of the molecule is Cc1ccccc1CN1[C@@H](C)COCCS1(=O)=O. The van der Waals surface area contributed by atoms with Gasteiger partial charge in [-0.15, -0.1) is 0 Å². The van der Waals surface area contributed by atoms with Gasteiger partial charge in [0.15, 0.2) is 0 Å². The molecule has 0 spiro atoms. The van der Waals surface area contributed by atoms with Crippen LogP contribution in [-0.2, 0) is 21.3 Å². The normalized spacial score (nSPS) is 24.7. The zero-order chi connectivity index (χ0) is 13.2. The fraction of sp³-hybridized carbons (Fsp3) is 0.538. The summed E-state index contributed by atoms with van der Waals surface area (Å²) in [6, 6.07) is 7.76. The van der Waals surface area contributed by atoms with E-state index in [9.17, 15) is 8.42 Å². The lowest BCUT2D eigenvalue weighted by molar-refractivity contribution is 0.116. The minimum atomic E-state index is -3.22. The van der Waals surface area contributed by atoms with Crippen molar-refractivity contribution in [3.63, 3.8) is 0 Å². The number of sulfonamides is 1. The summed E-state index contributed by atoms with van der Waals surface area (Å²) in [5.41, 5.74) is 2.17. The first kappa shape index (κ1) is 13.5. The molecule has 1 fully saturated rings. The Bertz CT molecular complexity index is 513. The summed E-state index contributed by atoms with van der Waals surface area (Å²) in [7, 11) is -3.22. The van der Waals surface area contributed by atoms with Gasteiger partial charge in [0.2, 0.25) is 10.0 Å². The monoisotopic (exact) mass is 269 g/mol. The van der Waals surface area contributed by atoms with E-state index in [4.69, 9.17) is 4.74 Å². The number of ether oxygens (including phenoxy) is 1. The third-order valence-corrected chi connectivity index (χ3v) is 5.17. The molecular formula is C13H19NO3S. The second-order valence-corrected chi connectivity index (χ2v) is 6.75. The van der Waals surface area contributed by atoms with Crippen molar-refractivity contribution in [1.82, 2.24) is 4.31 Å². The van der Waals surface area contributed by atoms with Gasteiger partial charge in [0.1, 0.15) is 0 Å². The second-order valence-electron chi connectivity index (χ2n) is 4.71. The second kappa shape index (κ2) is 5.38. The Morgan fingerprint density at radius 3 is 2.83 bits per heavy atom. The van der Waals surface area contributed by atoms with Crippen LogP contribution in [0.1, 0.15) is 18.1 Å². The van der Waals surface area contributed by atoms with Gasteiger partial charge >= 0.3 is 0 Å². The molecule has 0 saturated carbocycles. The first-order chi connectivity index (χ1) is 8.50. The summed E-state index contributed by atoms with van der Waals surface area (Å²) in [5.74, 6) is 0.0726. The average molecular weight is 269 g/mol. The molecule has 0 unspecified atom stereocenters. The molecule has 0 N–H and O–H groups in total. The topological polar surface area (TPSA) is 46.6 Å². The molecule has 1 aliphatic rings. The van der Waals surface area contributed by atoms with Gasteiger partial charge in [-0.05, 0) is 25.0 Å². The fourth-order valence-electron chi connectivity index (χ4n) is 2.10. The molecule has 100 valence electrons. The van der Waals surface area contributed by atoms with Crippen LogP contribution < -0.4 is 0 Å². The molecule has 0 bridgehead atoms. The summed E-state index contributed by atoms with van der Waals surface area (Å²) in [6.07, 6.45) is 0. The molecule has 18 heavy (non-hydrogen) atoms. The third kappa shape index (κ3) is 2.91.